The van der Waals surface area contributed by atoms with Crippen LogP contribution >= 0.6 is 0 Å². The lowest BCUT2D eigenvalue weighted by atomic mass is 10.1. The molecule has 2 fully saturated rings. The van der Waals surface area contributed by atoms with E-state index >= 15 is 0 Å². The predicted octanol–water partition coefficient (Wildman–Crippen LogP) is 3.78. The van der Waals surface area contributed by atoms with Crippen LogP contribution in [0, 0.1) is 0 Å². The number of hydrogen-bond acceptors (Lipinski definition) is 8. The SMILES string of the molecule is O=S(=O)(c1cccc2c(S(=O)(=O)N3CCOC(COc4ccccc4)C3)cccc12)N1CCOC(COc2ccccc2)C1. The molecule has 0 amide bonds. The Kier molecular flexibility index (Phi) is 9.17. The summed E-state index contributed by atoms with van der Waals surface area (Å²) in [4.78, 5) is 0.0978. The van der Waals surface area contributed by atoms with E-state index in [9.17, 15) is 16.8 Å². The van der Waals surface area contributed by atoms with Crippen LogP contribution in [0.4, 0.5) is 0 Å². The second-order valence-electron chi connectivity index (χ2n) is 10.6. The van der Waals surface area contributed by atoms with Gasteiger partial charge in [0.25, 0.3) is 0 Å². The first-order chi connectivity index (χ1) is 21.3. The van der Waals surface area contributed by atoms with Crippen molar-refractivity contribution < 1.29 is 35.8 Å². The van der Waals surface area contributed by atoms with Gasteiger partial charge in [0.05, 0.1) is 23.0 Å². The van der Waals surface area contributed by atoms with Gasteiger partial charge in [0.15, 0.2) is 0 Å². The Balaban J connectivity index is 1.21. The van der Waals surface area contributed by atoms with E-state index in [1.54, 1.807) is 24.3 Å². The van der Waals surface area contributed by atoms with E-state index in [4.69, 9.17) is 18.9 Å². The number of para-hydroxylation sites is 2. The summed E-state index contributed by atoms with van der Waals surface area (Å²) in [5.74, 6) is 1.35. The molecule has 232 valence electrons. The molecule has 6 rings (SSSR count). The maximum atomic E-state index is 14.0. The summed E-state index contributed by atoms with van der Waals surface area (Å²) in [5.41, 5.74) is 0. The van der Waals surface area contributed by atoms with Crippen LogP contribution in [0.3, 0.4) is 0 Å². The molecule has 10 nitrogen and oxygen atoms in total. The Morgan fingerprint density at radius 3 is 1.39 bits per heavy atom. The summed E-state index contributed by atoms with van der Waals surface area (Å²) in [5, 5.41) is 0.684. The Hall–Kier alpha value is -3.52. The zero-order valence-corrected chi connectivity index (χ0v) is 25.7. The van der Waals surface area contributed by atoms with Crippen molar-refractivity contribution in [1.29, 1.82) is 0 Å². The smallest absolute Gasteiger partial charge is 0.243 e. The van der Waals surface area contributed by atoms with Gasteiger partial charge in [-0.3, -0.25) is 0 Å². The fraction of sp³-hybridized carbons (Fsp3) is 0.312. The van der Waals surface area contributed by atoms with Crippen LogP contribution in [0.1, 0.15) is 0 Å². The number of sulfonamides is 2. The van der Waals surface area contributed by atoms with Gasteiger partial charge in [0, 0.05) is 37.0 Å². The first kappa shape index (κ1) is 30.5. The van der Waals surface area contributed by atoms with E-state index in [-0.39, 0.29) is 62.4 Å². The maximum absolute atomic E-state index is 14.0. The van der Waals surface area contributed by atoms with Crippen molar-refractivity contribution in [2.24, 2.45) is 0 Å². The Bertz CT molecular complexity index is 1650. The van der Waals surface area contributed by atoms with Crippen molar-refractivity contribution in [1.82, 2.24) is 8.61 Å². The third kappa shape index (κ3) is 6.60. The summed E-state index contributed by atoms with van der Waals surface area (Å²) in [7, 11) is -7.96. The van der Waals surface area contributed by atoms with Crippen LogP contribution in [0.2, 0.25) is 0 Å². The Labute approximate surface area is 257 Å². The predicted molar refractivity (Wildman–Crippen MR) is 165 cm³/mol. The minimum absolute atomic E-state index is 0.0489. The quantitative estimate of drug-likeness (QED) is 0.258. The van der Waals surface area contributed by atoms with Crippen LogP contribution in [-0.4, -0.2) is 90.3 Å². The van der Waals surface area contributed by atoms with Crippen molar-refractivity contribution in [2.75, 3.05) is 52.6 Å². The number of morpholine rings is 2. The number of rotatable bonds is 10. The van der Waals surface area contributed by atoms with E-state index < -0.39 is 32.3 Å². The van der Waals surface area contributed by atoms with Crippen molar-refractivity contribution >= 4 is 30.8 Å². The van der Waals surface area contributed by atoms with Crippen LogP contribution in [0.5, 0.6) is 11.5 Å². The zero-order chi connectivity index (χ0) is 30.6. The molecule has 0 N–H and O–H groups in total. The number of hydrogen-bond donors (Lipinski definition) is 0. The molecule has 4 aromatic rings. The molecule has 0 aliphatic carbocycles. The van der Waals surface area contributed by atoms with E-state index in [1.807, 2.05) is 60.7 Å². The highest BCUT2D eigenvalue weighted by molar-refractivity contribution is 7.89. The third-order valence-corrected chi connectivity index (χ3v) is 11.5. The lowest BCUT2D eigenvalue weighted by Gasteiger charge is -2.33. The monoisotopic (exact) mass is 638 g/mol. The molecule has 2 aliphatic heterocycles. The highest BCUT2D eigenvalue weighted by Gasteiger charge is 2.35. The highest BCUT2D eigenvalue weighted by Crippen LogP contribution is 2.32. The average Bonchev–Trinajstić information content (AvgIpc) is 3.07. The van der Waals surface area contributed by atoms with Gasteiger partial charge in [-0.1, -0.05) is 60.7 Å². The van der Waals surface area contributed by atoms with Crippen LogP contribution in [0.15, 0.2) is 107 Å². The van der Waals surface area contributed by atoms with Crippen LogP contribution in [0.25, 0.3) is 10.8 Å². The summed E-state index contributed by atoms with van der Waals surface area (Å²) in [6, 6.07) is 28.0. The van der Waals surface area contributed by atoms with Crippen molar-refractivity contribution in [3.05, 3.63) is 97.1 Å². The normalized spacial score (nSPS) is 20.4. The molecule has 12 heteroatoms. The molecule has 0 radical (unpaired) electrons. The number of benzene rings is 4. The highest BCUT2D eigenvalue weighted by atomic mass is 32.2. The van der Waals surface area contributed by atoms with E-state index in [2.05, 4.69) is 0 Å². The molecule has 2 aliphatic rings. The van der Waals surface area contributed by atoms with E-state index in [1.165, 1.54) is 20.7 Å². The molecule has 0 bridgehead atoms. The summed E-state index contributed by atoms with van der Waals surface area (Å²) >= 11 is 0. The summed E-state index contributed by atoms with van der Waals surface area (Å²) in [6.45, 7) is 1.43. The number of fused-ring (bicyclic) bond motifs is 1. The minimum atomic E-state index is -3.98. The molecular weight excluding hydrogens is 604 g/mol. The maximum Gasteiger partial charge on any atom is 0.243 e. The molecule has 0 spiro atoms. The van der Waals surface area contributed by atoms with E-state index in [0.29, 0.717) is 22.3 Å². The van der Waals surface area contributed by atoms with Crippen LogP contribution in [-0.2, 0) is 29.5 Å². The molecule has 2 saturated heterocycles. The minimum Gasteiger partial charge on any atom is -0.491 e. The first-order valence-electron chi connectivity index (χ1n) is 14.4. The Morgan fingerprint density at radius 1 is 0.568 bits per heavy atom. The second-order valence-corrected chi connectivity index (χ2v) is 14.4. The van der Waals surface area contributed by atoms with Gasteiger partial charge >= 0.3 is 0 Å². The zero-order valence-electron chi connectivity index (χ0n) is 24.0. The van der Waals surface area contributed by atoms with Gasteiger partial charge in [-0.25, -0.2) is 16.8 Å². The lowest BCUT2D eigenvalue weighted by Crippen LogP contribution is -2.47. The summed E-state index contributed by atoms with van der Waals surface area (Å²) in [6.07, 6.45) is -0.908. The molecule has 2 unspecified atom stereocenters. The van der Waals surface area contributed by atoms with Crippen molar-refractivity contribution in [3.8, 4) is 11.5 Å². The van der Waals surface area contributed by atoms with Gasteiger partial charge in [-0.2, -0.15) is 8.61 Å². The van der Waals surface area contributed by atoms with Gasteiger partial charge in [0.1, 0.15) is 36.9 Å². The molecule has 44 heavy (non-hydrogen) atoms. The summed E-state index contributed by atoms with van der Waals surface area (Å²) < 4.78 is 81.8. The average molecular weight is 639 g/mol. The topological polar surface area (TPSA) is 112 Å². The molecular formula is C32H34N2O8S2. The molecule has 2 atom stereocenters. The molecule has 0 aromatic heterocycles. The largest absolute Gasteiger partial charge is 0.491 e. The standard InChI is InChI=1S/C32H34N2O8S2/c35-43(36,33-17-19-39-27(21-33)23-41-25-9-3-1-4-10-25)31-15-7-14-30-29(31)13-8-16-32(30)44(37,38)34-18-20-40-28(22-34)24-42-26-11-5-2-6-12-26/h1-16,27-28H,17-24H2. The van der Waals surface area contributed by atoms with Gasteiger partial charge in [-0.15, -0.1) is 0 Å². The first-order valence-corrected chi connectivity index (χ1v) is 17.3. The Morgan fingerprint density at radius 2 is 0.977 bits per heavy atom. The van der Waals surface area contributed by atoms with Gasteiger partial charge in [-0.05, 0) is 36.4 Å². The fourth-order valence-corrected chi connectivity index (χ4v) is 8.74. The van der Waals surface area contributed by atoms with Crippen molar-refractivity contribution in [2.45, 2.75) is 22.0 Å². The molecule has 0 saturated carbocycles. The fourth-order valence-electron chi connectivity index (χ4n) is 5.41. The number of nitrogens with zero attached hydrogens (tertiary/aromatic N) is 2. The molecule has 2 heterocycles. The van der Waals surface area contributed by atoms with Crippen LogP contribution < -0.4 is 9.47 Å². The van der Waals surface area contributed by atoms with E-state index in [0.717, 1.165) is 0 Å². The number of ether oxygens (including phenoxy) is 4. The lowest BCUT2D eigenvalue weighted by molar-refractivity contribution is -0.0249. The second kappa shape index (κ2) is 13.2. The van der Waals surface area contributed by atoms with Gasteiger partial charge in [0.2, 0.25) is 20.0 Å². The van der Waals surface area contributed by atoms with Crippen molar-refractivity contribution in [3.63, 3.8) is 0 Å². The molecule has 4 aromatic carbocycles. The third-order valence-electron chi connectivity index (χ3n) is 7.64. The van der Waals surface area contributed by atoms with Gasteiger partial charge < -0.3 is 18.9 Å².